The van der Waals surface area contributed by atoms with Crippen molar-refractivity contribution in [2.24, 2.45) is 0 Å². The molecule has 1 spiro atoms. The lowest BCUT2D eigenvalue weighted by Crippen LogP contribution is -2.57. The molecule has 0 bridgehead atoms. The second-order valence-corrected chi connectivity index (χ2v) is 11.1. The number of para-hydroxylation sites is 1. The molecular weight excluding hydrogens is 488 g/mol. The van der Waals surface area contributed by atoms with Crippen LogP contribution in [-0.4, -0.2) is 42.8 Å². The molecule has 0 unspecified atom stereocenters. The Morgan fingerprint density at radius 1 is 1.18 bits per heavy atom. The van der Waals surface area contributed by atoms with Gasteiger partial charge in [0.25, 0.3) is 0 Å². The summed E-state index contributed by atoms with van der Waals surface area (Å²) >= 11 is 3.55. The number of fused-ring (bicyclic) bond motifs is 2. The van der Waals surface area contributed by atoms with Crippen LogP contribution in [0.4, 0.5) is 5.69 Å². The first-order chi connectivity index (χ1) is 16.4. The van der Waals surface area contributed by atoms with Gasteiger partial charge < -0.3 is 15.0 Å². The summed E-state index contributed by atoms with van der Waals surface area (Å²) in [5.74, 6) is 1.60. The van der Waals surface area contributed by atoms with Crippen LogP contribution in [0.25, 0.3) is 16.6 Å². The highest BCUT2D eigenvalue weighted by molar-refractivity contribution is 9.10. The van der Waals surface area contributed by atoms with Crippen molar-refractivity contribution in [3.8, 4) is 5.75 Å². The van der Waals surface area contributed by atoms with E-state index in [9.17, 15) is 0 Å². The molecule has 2 aliphatic heterocycles. The summed E-state index contributed by atoms with van der Waals surface area (Å²) in [5.41, 5.74) is 6.62. The number of benzene rings is 2. The molecule has 6 rings (SSSR count). The minimum Gasteiger partial charge on any atom is -0.467 e. The van der Waals surface area contributed by atoms with E-state index in [0.29, 0.717) is 5.92 Å². The predicted octanol–water partition coefficient (Wildman–Crippen LogP) is 5.89. The minimum atomic E-state index is -0.376. The number of hydrogen-bond donors (Lipinski definition) is 1. The normalized spacial score (nSPS) is 19.6. The molecule has 3 heterocycles. The van der Waals surface area contributed by atoms with E-state index in [1.54, 1.807) is 0 Å². The summed E-state index contributed by atoms with van der Waals surface area (Å²) in [6.45, 7) is 7.04. The van der Waals surface area contributed by atoms with Crippen molar-refractivity contribution in [2.75, 3.05) is 32.1 Å². The lowest BCUT2D eigenvalue weighted by Gasteiger charge is -2.46. The monoisotopic (exact) mass is 518 g/mol. The summed E-state index contributed by atoms with van der Waals surface area (Å²) < 4.78 is 7.54. The fourth-order valence-electron chi connectivity index (χ4n) is 5.41. The third-order valence-electron chi connectivity index (χ3n) is 7.40. The van der Waals surface area contributed by atoms with Crippen LogP contribution in [-0.2, 0) is 6.54 Å². The van der Waals surface area contributed by atoms with E-state index in [2.05, 4.69) is 82.1 Å². The van der Waals surface area contributed by atoms with Crippen molar-refractivity contribution in [2.45, 2.75) is 43.9 Å². The zero-order chi connectivity index (χ0) is 23.4. The van der Waals surface area contributed by atoms with E-state index < -0.39 is 0 Å². The lowest BCUT2D eigenvalue weighted by molar-refractivity contribution is -0.0207. The average Bonchev–Trinajstić information content (AvgIpc) is 3.66. The Morgan fingerprint density at radius 3 is 2.71 bits per heavy atom. The summed E-state index contributed by atoms with van der Waals surface area (Å²) in [6.07, 6.45) is 4.38. The molecule has 1 N–H and O–H groups in total. The maximum atomic E-state index is 6.50. The Labute approximate surface area is 209 Å². The van der Waals surface area contributed by atoms with Crippen molar-refractivity contribution in [1.29, 1.82) is 0 Å². The third kappa shape index (κ3) is 3.97. The standard InChI is InChI=1S/C28H31BrN4O/c1-18-24-15-20(29)9-10-26(24)34-28(31-18)11-13-33(14-12-28)17-21-16-25(32(2)3)23-6-4-5-22(19-7-8-19)27(23)30-21/h4-6,9-10,15-16,19,31H,1,7-8,11-14,17H2,2-3H3. The topological polar surface area (TPSA) is 40.6 Å². The van der Waals surface area contributed by atoms with Crippen LogP contribution in [0.5, 0.6) is 5.75 Å². The number of anilines is 1. The van der Waals surface area contributed by atoms with Gasteiger partial charge in [-0.05, 0) is 48.6 Å². The molecule has 2 aromatic carbocycles. The minimum absolute atomic E-state index is 0.376. The maximum absolute atomic E-state index is 6.50. The highest BCUT2D eigenvalue weighted by atomic mass is 79.9. The molecule has 2 fully saturated rings. The van der Waals surface area contributed by atoms with Gasteiger partial charge in [-0.25, -0.2) is 0 Å². The Balaban J connectivity index is 1.22. The molecule has 5 nitrogen and oxygen atoms in total. The van der Waals surface area contributed by atoms with Crippen LogP contribution < -0.4 is 15.0 Å². The zero-order valence-electron chi connectivity index (χ0n) is 19.9. The predicted molar refractivity (Wildman–Crippen MR) is 142 cm³/mol. The number of piperidine rings is 1. The number of halogens is 1. The molecule has 0 atom stereocenters. The number of likely N-dealkylation sites (tertiary alicyclic amines) is 1. The Hall–Kier alpha value is -2.57. The first-order valence-electron chi connectivity index (χ1n) is 12.2. The molecule has 0 radical (unpaired) electrons. The highest BCUT2D eigenvalue weighted by Crippen LogP contribution is 2.44. The van der Waals surface area contributed by atoms with Crippen molar-refractivity contribution >= 4 is 38.2 Å². The number of nitrogens with one attached hydrogen (secondary N) is 1. The van der Waals surface area contributed by atoms with Gasteiger partial charge in [0.05, 0.1) is 11.2 Å². The SMILES string of the molecule is C=C1NC2(CCN(Cc3cc(N(C)C)c4cccc(C5CC5)c4n3)CC2)Oc2ccc(Br)cc21. The maximum Gasteiger partial charge on any atom is 0.183 e. The van der Waals surface area contributed by atoms with Gasteiger partial charge in [-0.15, -0.1) is 0 Å². The average molecular weight is 519 g/mol. The number of nitrogens with zero attached hydrogens (tertiary/aromatic N) is 3. The molecule has 1 saturated carbocycles. The number of aromatic nitrogens is 1. The van der Waals surface area contributed by atoms with E-state index in [4.69, 9.17) is 9.72 Å². The molecule has 1 aliphatic carbocycles. The first kappa shape index (κ1) is 21.9. The first-order valence-corrected chi connectivity index (χ1v) is 13.0. The molecule has 0 amide bonds. The van der Waals surface area contributed by atoms with Crippen molar-refractivity contribution in [3.05, 3.63) is 70.3 Å². The molecule has 34 heavy (non-hydrogen) atoms. The van der Waals surface area contributed by atoms with Crippen LogP contribution in [0.3, 0.4) is 0 Å². The van der Waals surface area contributed by atoms with Gasteiger partial charge in [0, 0.05) is 73.4 Å². The van der Waals surface area contributed by atoms with Crippen LogP contribution in [0, 0.1) is 0 Å². The van der Waals surface area contributed by atoms with E-state index in [1.165, 1.54) is 35.0 Å². The number of hydrogen-bond acceptors (Lipinski definition) is 5. The summed E-state index contributed by atoms with van der Waals surface area (Å²) in [4.78, 5) is 9.92. The van der Waals surface area contributed by atoms with Crippen LogP contribution in [0.15, 0.2) is 53.5 Å². The second-order valence-electron chi connectivity index (χ2n) is 10.2. The van der Waals surface area contributed by atoms with E-state index >= 15 is 0 Å². The second kappa shape index (κ2) is 8.28. The van der Waals surface area contributed by atoms with Gasteiger partial charge in [-0.1, -0.05) is 40.7 Å². The van der Waals surface area contributed by atoms with Gasteiger partial charge in [0.15, 0.2) is 5.72 Å². The molecule has 176 valence electrons. The Bertz CT molecular complexity index is 1270. The van der Waals surface area contributed by atoms with Crippen LogP contribution >= 0.6 is 15.9 Å². The fraction of sp³-hybridized carbons (Fsp3) is 0.393. The van der Waals surface area contributed by atoms with Crippen molar-refractivity contribution in [3.63, 3.8) is 0 Å². The van der Waals surface area contributed by atoms with Crippen molar-refractivity contribution in [1.82, 2.24) is 15.2 Å². The van der Waals surface area contributed by atoms with Gasteiger partial charge in [-0.2, -0.15) is 0 Å². The fourth-order valence-corrected chi connectivity index (χ4v) is 5.77. The summed E-state index contributed by atoms with van der Waals surface area (Å²) in [7, 11) is 4.25. The molecule has 6 heteroatoms. The quantitative estimate of drug-likeness (QED) is 0.466. The summed E-state index contributed by atoms with van der Waals surface area (Å²) in [5, 5.41) is 4.85. The van der Waals surface area contributed by atoms with Crippen molar-refractivity contribution < 1.29 is 4.74 Å². The molecule has 3 aromatic rings. The van der Waals surface area contributed by atoms with Gasteiger partial charge in [-0.3, -0.25) is 9.88 Å². The largest absolute Gasteiger partial charge is 0.467 e. The molecular formula is C28H31BrN4O. The lowest BCUT2D eigenvalue weighted by atomic mass is 9.96. The van der Waals surface area contributed by atoms with E-state index in [1.807, 2.05) is 12.1 Å². The summed E-state index contributed by atoms with van der Waals surface area (Å²) in [6, 6.07) is 15.1. The van der Waals surface area contributed by atoms with Crippen LogP contribution in [0.2, 0.25) is 0 Å². The Kier molecular flexibility index (Phi) is 5.34. The van der Waals surface area contributed by atoms with Crippen LogP contribution in [0.1, 0.15) is 48.4 Å². The highest BCUT2D eigenvalue weighted by Gasteiger charge is 2.40. The number of rotatable bonds is 4. The zero-order valence-corrected chi connectivity index (χ0v) is 21.5. The van der Waals surface area contributed by atoms with Gasteiger partial charge in [0.2, 0.25) is 0 Å². The molecule has 3 aliphatic rings. The number of pyridine rings is 1. The molecule has 1 saturated heterocycles. The number of ether oxygens (including phenoxy) is 1. The third-order valence-corrected chi connectivity index (χ3v) is 7.89. The van der Waals surface area contributed by atoms with Gasteiger partial charge >= 0.3 is 0 Å². The molecule has 1 aromatic heterocycles. The van der Waals surface area contributed by atoms with E-state index in [0.717, 1.165) is 59.7 Å². The van der Waals surface area contributed by atoms with E-state index in [-0.39, 0.29) is 5.72 Å². The van der Waals surface area contributed by atoms with Gasteiger partial charge in [0.1, 0.15) is 5.75 Å². The smallest absolute Gasteiger partial charge is 0.183 e. The Morgan fingerprint density at radius 2 is 1.97 bits per heavy atom.